The normalized spacial score (nSPS) is 13.7. The lowest BCUT2D eigenvalue weighted by Gasteiger charge is -2.22. The van der Waals surface area contributed by atoms with E-state index in [2.05, 4.69) is 15.6 Å². The number of anilines is 2. The molecule has 0 saturated carbocycles. The molecule has 1 aromatic carbocycles. The van der Waals surface area contributed by atoms with Crippen molar-refractivity contribution in [3.05, 3.63) is 29.5 Å². The van der Waals surface area contributed by atoms with Gasteiger partial charge in [-0.25, -0.2) is 9.78 Å². The molecule has 2 heterocycles. The van der Waals surface area contributed by atoms with Crippen molar-refractivity contribution in [3.63, 3.8) is 0 Å². The van der Waals surface area contributed by atoms with Crippen molar-refractivity contribution in [1.82, 2.24) is 4.98 Å². The molecule has 6 nitrogen and oxygen atoms in total. The number of aromatic nitrogens is 1. The summed E-state index contributed by atoms with van der Waals surface area (Å²) in [4.78, 5) is 29.4. The lowest BCUT2D eigenvalue weighted by Crippen LogP contribution is -2.29. The number of benzene rings is 1. The Kier molecular flexibility index (Phi) is 4.85. The first kappa shape index (κ1) is 18.2. The van der Waals surface area contributed by atoms with Gasteiger partial charge in [0.25, 0.3) is 0 Å². The number of aryl methyl sites for hydroxylation is 1. The maximum atomic E-state index is 12.5. The highest BCUT2D eigenvalue weighted by atomic mass is 16.5. The van der Waals surface area contributed by atoms with Crippen molar-refractivity contribution >= 4 is 34.2 Å². The largest absolute Gasteiger partial charge is 0.461 e. The number of nitrogens with one attached hydrogen (secondary N) is 2. The quantitative estimate of drug-likeness (QED) is 0.820. The number of amides is 1. The molecule has 0 unspecified atom stereocenters. The summed E-state index contributed by atoms with van der Waals surface area (Å²) in [5.41, 5.74) is 2.93. The third-order valence-electron chi connectivity index (χ3n) is 4.43. The second-order valence-corrected chi connectivity index (χ2v) is 7.50. The maximum Gasteiger partial charge on any atom is 0.359 e. The minimum absolute atomic E-state index is 0.140. The van der Waals surface area contributed by atoms with Crippen LogP contribution in [-0.4, -0.2) is 30.0 Å². The summed E-state index contributed by atoms with van der Waals surface area (Å²) in [7, 11) is 0. The molecule has 2 aromatic rings. The summed E-state index contributed by atoms with van der Waals surface area (Å²) in [5.74, 6) is -0.707. The van der Waals surface area contributed by atoms with E-state index in [0.717, 1.165) is 36.0 Å². The molecule has 0 bridgehead atoms. The summed E-state index contributed by atoms with van der Waals surface area (Å²) in [6.45, 7) is 8.42. The van der Waals surface area contributed by atoms with Gasteiger partial charge in [-0.05, 0) is 43.5 Å². The Hall–Kier alpha value is -2.63. The summed E-state index contributed by atoms with van der Waals surface area (Å²) >= 11 is 0. The van der Waals surface area contributed by atoms with Gasteiger partial charge >= 0.3 is 5.97 Å². The van der Waals surface area contributed by atoms with E-state index < -0.39 is 11.4 Å². The molecule has 1 aromatic heterocycles. The fraction of sp³-hybridized carbons (Fsp3) is 0.450. The predicted molar refractivity (Wildman–Crippen MR) is 103 cm³/mol. The Labute approximate surface area is 153 Å². The van der Waals surface area contributed by atoms with E-state index in [1.165, 1.54) is 5.56 Å². The van der Waals surface area contributed by atoms with Crippen LogP contribution in [0.4, 0.5) is 11.4 Å². The molecule has 1 amide bonds. The Morgan fingerprint density at radius 3 is 2.77 bits per heavy atom. The molecule has 2 N–H and O–H groups in total. The molecule has 6 heteroatoms. The average molecular weight is 355 g/mol. The van der Waals surface area contributed by atoms with Gasteiger partial charge in [-0.2, -0.15) is 0 Å². The van der Waals surface area contributed by atoms with Crippen LogP contribution in [0.15, 0.2) is 18.2 Å². The third kappa shape index (κ3) is 3.49. The van der Waals surface area contributed by atoms with Gasteiger partial charge in [0.05, 0.1) is 17.8 Å². The second kappa shape index (κ2) is 6.94. The Morgan fingerprint density at radius 1 is 1.31 bits per heavy atom. The highest BCUT2D eigenvalue weighted by Crippen LogP contribution is 2.32. The van der Waals surface area contributed by atoms with Crippen LogP contribution < -0.4 is 10.6 Å². The summed E-state index contributed by atoms with van der Waals surface area (Å²) in [5, 5.41) is 7.21. The first-order valence-corrected chi connectivity index (χ1v) is 9.00. The van der Waals surface area contributed by atoms with Crippen molar-refractivity contribution < 1.29 is 14.3 Å². The topological polar surface area (TPSA) is 80.3 Å². The molecule has 0 radical (unpaired) electrons. The highest BCUT2D eigenvalue weighted by Gasteiger charge is 2.25. The van der Waals surface area contributed by atoms with Crippen LogP contribution in [0.5, 0.6) is 0 Å². The van der Waals surface area contributed by atoms with Crippen LogP contribution in [0.2, 0.25) is 0 Å². The van der Waals surface area contributed by atoms with Crippen molar-refractivity contribution in [2.24, 2.45) is 5.41 Å². The van der Waals surface area contributed by atoms with Gasteiger partial charge in [0.15, 0.2) is 5.69 Å². The van der Waals surface area contributed by atoms with Gasteiger partial charge in [-0.15, -0.1) is 0 Å². The van der Waals surface area contributed by atoms with E-state index >= 15 is 0 Å². The van der Waals surface area contributed by atoms with Gasteiger partial charge in [0.1, 0.15) is 0 Å². The number of ether oxygens (including phenoxy) is 1. The fourth-order valence-electron chi connectivity index (χ4n) is 2.99. The fourth-order valence-corrected chi connectivity index (χ4v) is 2.99. The molecular weight excluding hydrogens is 330 g/mol. The molecule has 3 rings (SSSR count). The average Bonchev–Trinajstić information content (AvgIpc) is 2.60. The van der Waals surface area contributed by atoms with E-state index in [0.29, 0.717) is 5.69 Å². The van der Waals surface area contributed by atoms with Gasteiger partial charge in [-0.3, -0.25) is 4.79 Å². The zero-order chi connectivity index (χ0) is 18.9. The first-order chi connectivity index (χ1) is 12.3. The molecule has 1 aliphatic heterocycles. The van der Waals surface area contributed by atoms with Crippen LogP contribution in [0.25, 0.3) is 10.9 Å². The summed E-state index contributed by atoms with van der Waals surface area (Å²) in [6.07, 6.45) is 1.97. The van der Waals surface area contributed by atoms with Gasteiger partial charge in [0.2, 0.25) is 5.91 Å². The summed E-state index contributed by atoms with van der Waals surface area (Å²) in [6, 6.07) is 5.74. The smallest absolute Gasteiger partial charge is 0.359 e. The number of fused-ring (bicyclic) bond motifs is 3. The van der Waals surface area contributed by atoms with E-state index in [4.69, 9.17) is 4.74 Å². The Balaban J connectivity index is 2.15. The van der Waals surface area contributed by atoms with Crippen molar-refractivity contribution in [2.75, 3.05) is 23.8 Å². The number of rotatable bonds is 3. The molecular formula is C20H25N3O3. The molecule has 26 heavy (non-hydrogen) atoms. The van der Waals surface area contributed by atoms with E-state index in [-0.39, 0.29) is 18.2 Å². The molecule has 1 aliphatic rings. The Morgan fingerprint density at radius 2 is 2.08 bits per heavy atom. The standard InChI is InChI=1S/C20H25N3O3/c1-5-26-18(24)17-16(23-19(25)20(2,3)4)11-13-12-7-6-10-21-14(12)8-9-15(13)22-17/h8-9,11,21H,5-7,10H2,1-4H3,(H,23,25). The minimum Gasteiger partial charge on any atom is -0.461 e. The number of hydrogen-bond acceptors (Lipinski definition) is 5. The molecule has 0 aliphatic carbocycles. The van der Waals surface area contributed by atoms with Crippen molar-refractivity contribution in [3.8, 4) is 0 Å². The molecule has 0 saturated heterocycles. The molecule has 0 fully saturated rings. The van der Waals surface area contributed by atoms with E-state index in [9.17, 15) is 9.59 Å². The van der Waals surface area contributed by atoms with Gasteiger partial charge in [-0.1, -0.05) is 20.8 Å². The van der Waals surface area contributed by atoms with Crippen LogP contribution in [0.1, 0.15) is 50.2 Å². The van der Waals surface area contributed by atoms with Crippen LogP contribution in [0, 0.1) is 5.41 Å². The van der Waals surface area contributed by atoms with E-state index in [1.807, 2.05) is 39.0 Å². The molecule has 0 atom stereocenters. The number of carbonyl (C=O) groups excluding carboxylic acids is 2. The molecule has 138 valence electrons. The highest BCUT2D eigenvalue weighted by molar-refractivity contribution is 6.05. The number of esters is 1. The van der Waals surface area contributed by atoms with E-state index in [1.54, 1.807) is 6.92 Å². The van der Waals surface area contributed by atoms with Crippen molar-refractivity contribution in [2.45, 2.75) is 40.5 Å². The van der Waals surface area contributed by atoms with Crippen LogP contribution in [-0.2, 0) is 16.0 Å². The maximum absolute atomic E-state index is 12.5. The lowest BCUT2D eigenvalue weighted by atomic mass is 9.95. The van der Waals surface area contributed by atoms with Crippen LogP contribution >= 0.6 is 0 Å². The predicted octanol–water partition coefficient (Wildman–Crippen LogP) is 3.75. The third-order valence-corrected chi connectivity index (χ3v) is 4.43. The number of hydrogen-bond donors (Lipinski definition) is 2. The number of carbonyl (C=O) groups is 2. The second-order valence-electron chi connectivity index (χ2n) is 7.50. The number of nitrogens with zero attached hydrogens (tertiary/aromatic N) is 1. The zero-order valence-corrected chi connectivity index (χ0v) is 15.7. The monoisotopic (exact) mass is 355 g/mol. The summed E-state index contributed by atoms with van der Waals surface area (Å²) < 4.78 is 5.13. The zero-order valence-electron chi connectivity index (χ0n) is 15.7. The molecule has 0 spiro atoms. The van der Waals surface area contributed by atoms with Crippen molar-refractivity contribution in [1.29, 1.82) is 0 Å². The Bertz CT molecular complexity index is 869. The van der Waals surface area contributed by atoms with Crippen LogP contribution in [0.3, 0.4) is 0 Å². The first-order valence-electron chi connectivity index (χ1n) is 9.00. The van der Waals surface area contributed by atoms with Gasteiger partial charge < -0.3 is 15.4 Å². The van der Waals surface area contributed by atoms with Gasteiger partial charge in [0, 0.05) is 23.0 Å². The number of pyridine rings is 1. The SMILES string of the molecule is CCOC(=O)c1nc2ccc3c(c2cc1NC(=O)C(C)(C)C)CCCN3. The lowest BCUT2D eigenvalue weighted by molar-refractivity contribution is -0.123. The minimum atomic E-state index is -0.585.